The summed E-state index contributed by atoms with van der Waals surface area (Å²) in [6.07, 6.45) is 0.886. The van der Waals surface area contributed by atoms with Crippen molar-refractivity contribution in [2.45, 2.75) is 32.8 Å². The Bertz CT molecular complexity index is 174. The van der Waals surface area contributed by atoms with Crippen molar-refractivity contribution in [1.82, 2.24) is 5.32 Å². The summed E-state index contributed by atoms with van der Waals surface area (Å²) in [5.41, 5.74) is -0.302. The Labute approximate surface area is 71.4 Å². The van der Waals surface area contributed by atoms with Crippen LogP contribution in [0.15, 0.2) is 4.40 Å². The second-order valence-corrected chi connectivity index (χ2v) is 4.72. The van der Waals surface area contributed by atoms with Crippen LogP contribution in [0.1, 0.15) is 27.2 Å². The average Bonchev–Trinajstić information content (AvgIpc) is 2.10. The molecule has 0 saturated heterocycles. The van der Waals surface area contributed by atoms with Crippen LogP contribution in [0.4, 0.5) is 0 Å². The van der Waals surface area contributed by atoms with E-state index in [1.165, 1.54) is 11.9 Å². The lowest BCUT2D eigenvalue weighted by Gasteiger charge is -2.17. The van der Waals surface area contributed by atoms with Crippen LogP contribution in [-0.2, 0) is 0 Å². The van der Waals surface area contributed by atoms with E-state index in [4.69, 9.17) is 5.11 Å². The average molecular weight is 174 g/mol. The molecule has 11 heavy (non-hydrogen) atoms. The monoisotopic (exact) mass is 174 g/mol. The molecule has 0 fully saturated rings. The first-order valence-electron chi connectivity index (χ1n) is 3.65. The maximum atomic E-state index is 9.03. The Kier molecular flexibility index (Phi) is 2.44. The lowest BCUT2D eigenvalue weighted by molar-refractivity contribution is 0.251. The van der Waals surface area contributed by atoms with Crippen LogP contribution in [0, 0.1) is 5.41 Å². The fourth-order valence-corrected chi connectivity index (χ4v) is 1.43. The normalized spacial score (nSPS) is 24.7. The molecule has 0 aromatic carbocycles. The van der Waals surface area contributed by atoms with Gasteiger partial charge in [0.25, 0.3) is 0 Å². The number of amidine groups is 1. The molecule has 0 bridgehead atoms. The third-order valence-corrected chi connectivity index (χ3v) is 1.89. The molecule has 2 N–H and O–H groups in total. The number of aliphatic hydroxyl groups is 1. The lowest BCUT2D eigenvalue weighted by atomic mass is 9.92. The van der Waals surface area contributed by atoms with Crippen molar-refractivity contribution >= 4 is 17.8 Å². The molecule has 1 aliphatic heterocycles. The number of nitrogens with zero attached hydrogens (tertiary/aromatic N) is 1. The predicted octanol–water partition coefficient (Wildman–Crippen LogP) is 1.35. The van der Waals surface area contributed by atoms with E-state index in [0.717, 1.165) is 12.3 Å². The summed E-state index contributed by atoms with van der Waals surface area (Å²) in [4.78, 5) is 0. The smallest absolute Gasteiger partial charge is 0.195 e. The van der Waals surface area contributed by atoms with Gasteiger partial charge < -0.3 is 10.4 Å². The van der Waals surface area contributed by atoms with Gasteiger partial charge in [-0.15, -0.1) is 0 Å². The van der Waals surface area contributed by atoms with Gasteiger partial charge in [-0.3, -0.25) is 0 Å². The van der Waals surface area contributed by atoms with E-state index < -0.39 is 5.56 Å². The molecule has 1 unspecified atom stereocenters. The molecule has 1 rings (SSSR count). The van der Waals surface area contributed by atoms with Gasteiger partial charge in [0.05, 0.1) is 0 Å². The Morgan fingerprint density at radius 2 is 2.27 bits per heavy atom. The number of hydrogen-bond acceptors (Lipinski definition) is 4. The second kappa shape index (κ2) is 3.03. The molecule has 0 spiro atoms. The van der Waals surface area contributed by atoms with E-state index in [9.17, 15) is 0 Å². The topological polar surface area (TPSA) is 44.6 Å². The zero-order valence-corrected chi connectivity index (χ0v) is 7.90. The van der Waals surface area contributed by atoms with Crippen molar-refractivity contribution in [2.24, 2.45) is 9.81 Å². The quantitative estimate of drug-likeness (QED) is 0.590. The van der Waals surface area contributed by atoms with E-state index in [1.807, 2.05) is 0 Å². The van der Waals surface area contributed by atoms with Gasteiger partial charge in [0.15, 0.2) is 5.56 Å². The summed E-state index contributed by atoms with van der Waals surface area (Å²) in [6.45, 7) is 6.44. The van der Waals surface area contributed by atoms with Crippen molar-refractivity contribution in [3.63, 3.8) is 0 Å². The van der Waals surface area contributed by atoms with Gasteiger partial charge in [0.2, 0.25) is 0 Å². The number of rotatable bonds is 1. The second-order valence-electron chi connectivity index (χ2n) is 3.88. The minimum atomic E-state index is -0.535. The minimum absolute atomic E-state index is 0.233. The molecule has 4 heteroatoms. The lowest BCUT2D eigenvalue weighted by Crippen LogP contribution is -2.29. The highest BCUT2D eigenvalue weighted by molar-refractivity contribution is 7.98. The molecule has 0 amide bonds. The maximum Gasteiger partial charge on any atom is 0.195 e. The van der Waals surface area contributed by atoms with Gasteiger partial charge in [-0.05, 0) is 5.41 Å². The fourth-order valence-electron chi connectivity index (χ4n) is 0.894. The summed E-state index contributed by atoms with van der Waals surface area (Å²) in [7, 11) is 0. The van der Waals surface area contributed by atoms with Crippen LogP contribution in [0.25, 0.3) is 0 Å². The van der Waals surface area contributed by atoms with Gasteiger partial charge in [-0.25, -0.2) is 0 Å². The van der Waals surface area contributed by atoms with Crippen LogP contribution in [0.3, 0.4) is 0 Å². The van der Waals surface area contributed by atoms with Gasteiger partial charge in [0.1, 0.15) is 5.84 Å². The highest BCUT2D eigenvalue weighted by Gasteiger charge is 2.20. The van der Waals surface area contributed by atoms with E-state index in [2.05, 4.69) is 30.5 Å². The van der Waals surface area contributed by atoms with Crippen molar-refractivity contribution < 1.29 is 5.11 Å². The number of nitrogens with one attached hydrogen (secondary N) is 1. The molecule has 3 nitrogen and oxygen atoms in total. The van der Waals surface area contributed by atoms with Crippen LogP contribution < -0.4 is 5.32 Å². The van der Waals surface area contributed by atoms with Crippen molar-refractivity contribution in [3.8, 4) is 0 Å². The Balaban J connectivity index is 2.40. The third-order valence-electron chi connectivity index (χ3n) is 1.25. The summed E-state index contributed by atoms with van der Waals surface area (Å²) in [6, 6.07) is 0. The summed E-state index contributed by atoms with van der Waals surface area (Å²) in [5, 5.41) is 11.9. The van der Waals surface area contributed by atoms with Crippen LogP contribution in [0.5, 0.6) is 0 Å². The Morgan fingerprint density at radius 1 is 1.64 bits per heavy atom. The summed E-state index contributed by atoms with van der Waals surface area (Å²) in [5.74, 6) is 0.898. The molecule has 0 aromatic rings. The van der Waals surface area contributed by atoms with E-state index in [-0.39, 0.29) is 5.41 Å². The molecule has 0 aromatic heterocycles. The number of aliphatic hydroxyl groups excluding tert-OH is 1. The van der Waals surface area contributed by atoms with E-state index in [0.29, 0.717) is 0 Å². The first-order valence-corrected chi connectivity index (χ1v) is 4.48. The maximum absolute atomic E-state index is 9.03. The zero-order valence-electron chi connectivity index (χ0n) is 7.09. The van der Waals surface area contributed by atoms with E-state index in [1.54, 1.807) is 0 Å². The molecular formula is C7H14N2OS. The highest BCUT2D eigenvalue weighted by Crippen LogP contribution is 2.23. The number of hydrogen-bond donors (Lipinski definition) is 2. The van der Waals surface area contributed by atoms with Crippen molar-refractivity contribution in [2.75, 3.05) is 0 Å². The molecule has 0 saturated carbocycles. The predicted molar refractivity (Wildman–Crippen MR) is 48.2 cm³/mol. The Morgan fingerprint density at radius 3 is 2.64 bits per heavy atom. The minimum Gasteiger partial charge on any atom is -0.363 e. The standard InChI is InChI=1S/C7H14N2OS/c1-7(2,3)4-5-8-6(10)11-9-5/h6,10H,4H2,1-3H3,(H,8,9). The molecule has 1 aliphatic rings. The molecular weight excluding hydrogens is 160 g/mol. The first kappa shape index (κ1) is 8.87. The van der Waals surface area contributed by atoms with Crippen molar-refractivity contribution in [1.29, 1.82) is 0 Å². The summed E-state index contributed by atoms with van der Waals surface area (Å²) < 4.78 is 4.07. The van der Waals surface area contributed by atoms with Gasteiger partial charge in [-0.2, -0.15) is 4.40 Å². The van der Waals surface area contributed by atoms with E-state index >= 15 is 0 Å². The fraction of sp³-hybridized carbons (Fsp3) is 0.857. The van der Waals surface area contributed by atoms with Gasteiger partial charge in [0, 0.05) is 18.4 Å². The largest absolute Gasteiger partial charge is 0.363 e. The molecule has 0 radical (unpaired) electrons. The summed E-state index contributed by atoms with van der Waals surface area (Å²) >= 11 is 1.18. The van der Waals surface area contributed by atoms with Crippen molar-refractivity contribution in [3.05, 3.63) is 0 Å². The van der Waals surface area contributed by atoms with Crippen LogP contribution in [-0.4, -0.2) is 16.5 Å². The SMILES string of the molecule is CC(C)(C)CC1=NSC(O)N1. The first-order chi connectivity index (χ1) is 4.97. The molecule has 1 atom stereocenters. The highest BCUT2D eigenvalue weighted by atomic mass is 32.2. The van der Waals surface area contributed by atoms with Gasteiger partial charge in [-0.1, -0.05) is 20.8 Å². The molecule has 64 valence electrons. The Hall–Kier alpha value is -0.220. The molecule has 1 heterocycles. The van der Waals surface area contributed by atoms with Crippen LogP contribution >= 0.6 is 11.9 Å². The van der Waals surface area contributed by atoms with Gasteiger partial charge >= 0.3 is 0 Å². The molecule has 0 aliphatic carbocycles. The van der Waals surface area contributed by atoms with Crippen LogP contribution in [0.2, 0.25) is 0 Å². The third kappa shape index (κ3) is 3.12. The zero-order chi connectivity index (χ0) is 8.48.